The Bertz CT molecular complexity index is 1010. The number of fused-ring (bicyclic) bond motifs is 2. The molecule has 1 atom stereocenters. The molecule has 0 aliphatic carbocycles. The third-order valence-corrected chi connectivity index (χ3v) is 4.17. The molecule has 2 aromatic carbocycles. The summed E-state index contributed by atoms with van der Waals surface area (Å²) >= 11 is 0. The number of carbonyl (C=O) groups is 1. The topological polar surface area (TPSA) is 87.7 Å². The molecule has 0 saturated heterocycles. The zero-order chi connectivity index (χ0) is 17.6. The van der Waals surface area contributed by atoms with Crippen LogP contribution >= 0.6 is 0 Å². The summed E-state index contributed by atoms with van der Waals surface area (Å²) < 4.78 is 5.91. The van der Waals surface area contributed by atoms with Gasteiger partial charge in [0, 0.05) is 0 Å². The second-order valence-electron chi connectivity index (χ2n) is 6.26. The van der Waals surface area contributed by atoms with Gasteiger partial charge in [0.25, 0.3) is 0 Å². The lowest BCUT2D eigenvalue weighted by Crippen LogP contribution is -2.07. The third-order valence-electron chi connectivity index (χ3n) is 4.17. The highest BCUT2D eigenvalue weighted by atomic mass is 16.4. The van der Waals surface area contributed by atoms with Gasteiger partial charge in [-0.1, -0.05) is 13.8 Å². The van der Waals surface area contributed by atoms with Gasteiger partial charge in [-0.25, -0.2) is 4.79 Å². The molecule has 3 rings (SSSR count). The summed E-state index contributed by atoms with van der Waals surface area (Å²) in [5, 5.41) is 19.6. The van der Waals surface area contributed by atoms with E-state index in [1.165, 1.54) is 18.2 Å². The molecule has 0 bridgehead atoms. The predicted molar refractivity (Wildman–Crippen MR) is 91.7 cm³/mol. The lowest BCUT2D eigenvalue weighted by atomic mass is 9.95. The Balaban J connectivity index is 2.47. The van der Waals surface area contributed by atoms with E-state index in [9.17, 15) is 14.7 Å². The van der Waals surface area contributed by atoms with Crippen molar-refractivity contribution in [2.24, 2.45) is 0 Å². The Labute approximate surface area is 138 Å². The molecule has 0 fully saturated rings. The molecular formula is C19H18O5. The van der Waals surface area contributed by atoms with Crippen LogP contribution in [0.1, 0.15) is 54.3 Å². The summed E-state index contributed by atoms with van der Waals surface area (Å²) in [4.78, 5) is 24.0. The molecule has 1 unspecified atom stereocenters. The molecule has 3 aromatic rings. The van der Waals surface area contributed by atoms with Gasteiger partial charge in [0.1, 0.15) is 11.2 Å². The van der Waals surface area contributed by atoms with Crippen molar-refractivity contribution in [3.8, 4) is 0 Å². The summed E-state index contributed by atoms with van der Waals surface area (Å²) in [6, 6.07) is 7.71. The smallest absolute Gasteiger partial charge is 0.335 e. The van der Waals surface area contributed by atoms with Gasteiger partial charge in [-0.15, -0.1) is 0 Å². The second kappa shape index (κ2) is 5.76. The summed E-state index contributed by atoms with van der Waals surface area (Å²) in [5.41, 5.74) is 2.04. The summed E-state index contributed by atoms with van der Waals surface area (Å²) in [5.74, 6) is -0.998. The molecule has 0 spiro atoms. The minimum absolute atomic E-state index is 0.0323. The molecule has 124 valence electrons. The van der Waals surface area contributed by atoms with Crippen molar-refractivity contribution in [1.29, 1.82) is 0 Å². The predicted octanol–water partition coefficient (Wildman–Crippen LogP) is 3.82. The maximum absolute atomic E-state index is 12.9. The number of aliphatic hydroxyl groups is 1. The van der Waals surface area contributed by atoms with E-state index in [0.717, 1.165) is 5.56 Å². The highest BCUT2D eigenvalue weighted by molar-refractivity contribution is 5.96. The Morgan fingerprint density at radius 1 is 1.08 bits per heavy atom. The van der Waals surface area contributed by atoms with Gasteiger partial charge in [0.2, 0.25) is 5.43 Å². The van der Waals surface area contributed by atoms with Crippen molar-refractivity contribution >= 4 is 27.9 Å². The summed E-state index contributed by atoms with van der Waals surface area (Å²) in [6.07, 6.45) is -0.715. The van der Waals surface area contributed by atoms with E-state index in [2.05, 4.69) is 0 Å². The van der Waals surface area contributed by atoms with Crippen LogP contribution in [0.2, 0.25) is 0 Å². The molecule has 2 N–H and O–H groups in total. The third kappa shape index (κ3) is 2.57. The average Bonchev–Trinajstić information content (AvgIpc) is 2.53. The van der Waals surface area contributed by atoms with Gasteiger partial charge in [-0.2, -0.15) is 0 Å². The standard InChI is InChI=1S/C19H18O5/c1-9(2)13-7-12(10(3)20)8-15-17(21)14-6-11(19(22)23)4-5-16(14)24-18(13)15/h4-10,20H,1-3H3,(H,22,23). The van der Waals surface area contributed by atoms with Crippen molar-refractivity contribution in [1.82, 2.24) is 0 Å². The van der Waals surface area contributed by atoms with Crippen LogP contribution in [0.4, 0.5) is 0 Å². The summed E-state index contributed by atoms with van der Waals surface area (Å²) in [6.45, 7) is 5.60. The molecule has 0 radical (unpaired) electrons. The molecule has 1 heterocycles. The maximum atomic E-state index is 12.9. The van der Waals surface area contributed by atoms with Crippen LogP contribution in [0.5, 0.6) is 0 Å². The SMILES string of the molecule is CC(C)c1cc(C(C)O)cc2c(=O)c3cc(C(=O)O)ccc3oc12. The number of aliphatic hydroxyl groups excluding tert-OH is 1. The Morgan fingerprint density at radius 3 is 2.38 bits per heavy atom. The number of carboxylic acid groups (broad SMARTS) is 1. The van der Waals surface area contributed by atoms with Crippen molar-refractivity contribution in [3.05, 3.63) is 57.2 Å². The molecular weight excluding hydrogens is 308 g/mol. The molecule has 5 heteroatoms. The van der Waals surface area contributed by atoms with Gasteiger partial charge < -0.3 is 14.6 Å². The van der Waals surface area contributed by atoms with Crippen molar-refractivity contribution in [3.63, 3.8) is 0 Å². The Kier molecular flexibility index (Phi) is 3.89. The van der Waals surface area contributed by atoms with Gasteiger partial charge >= 0.3 is 5.97 Å². The van der Waals surface area contributed by atoms with E-state index in [4.69, 9.17) is 9.52 Å². The van der Waals surface area contributed by atoms with Crippen LogP contribution in [0.25, 0.3) is 21.9 Å². The van der Waals surface area contributed by atoms with Crippen molar-refractivity contribution in [2.75, 3.05) is 0 Å². The number of aromatic carboxylic acids is 1. The van der Waals surface area contributed by atoms with Crippen LogP contribution in [-0.4, -0.2) is 16.2 Å². The molecule has 24 heavy (non-hydrogen) atoms. The quantitative estimate of drug-likeness (QED) is 0.714. The van der Waals surface area contributed by atoms with Gasteiger partial charge in [0.15, 0.2) is 0 Å². The van der Waals surface area contributed by atoms with Crippen molar-refractivity contribution < 1.29 is 19.4 Å². The first-order chi connectivity index (χ1) is 11.3. The molecule has 0 amide bonds. The van der Waals surface area contributed by atoms with Gasteiger partial charge in [0.05, 0.1) is 22.4 Å². The highest BCUT2D eigenvalue weighted by Gasteiger charge is 2.17. The molecule has 0 saturated carbocycles. The fourth-order valence-electron chi connectivity index (χ4n) is 2.81. The number of benzene rings is 2. The van der Waals surface area contributed by atoms with Crippen molar-refractivity contribution in [2.45, 2.75) is 32.8 Å². The highest BCUT2D eigenvalue weighted by Crippen LogP contribution is 2.30. The lowest BCUT2D eigenvalue weighted by Gasteiger charge is -2.14. The largest absolute Gasteiger partial charge is 0.478 e. The Hall–Kier alpha value is -2.66. The average molecular weight is 326 g/mol. The number of carboxylic acids is 1. The molecule has 5 nitrogen and oxygen atoms in total. The maximum Gasteiger partial charge on any atom is 0.335 e. The molecule has 0 aliphatic rings. The first-order valence-corrected chi connectivity index (χ1v) is 7.75. The van der Waals surface area contributed by atoms with Crippen LogP contribution in [-0.2, 0) is 0 Å². The van der Waals surface area contributed by atoms with Gasteiger partial charge in [-0.05, 0) is 54.3 Å². The minimum atomic E-state index is -1.10. The number of rotatable bonds is 3. The first kappa shape index (κ1) is 16.2. The van der Waals surface area contributed by atoms with E-state index < -0.39 is 12.1 Å². The van der Waals surface area contributed by atoms with Crippen LogP contribution in [0.3, 0.4) is 0 Å². The second-order valence-corrected chi connectivity index (χ2v) is 6.26. The van der Waals surface area contributed by atoms with E-state index in [-0.39, 0.29) is 22.3 Å². The fourth-order valence-corrected chi connectivity index (χ4v) is 2.81. The summed E-state index contributed by atoms with van der Waals surface area (Å²) in [7, 11) is 0. The lowest BCUT2D eigenvalue weighted by molar-refractivity contribution is 0.0697. The first-order valence-electron chi connectivity index (χ1n) is 7.75. The zero-order valence-corrected chi connectivity index (χ0v) is 13.7. The van der Waals surface area contributed by atoms with E-state index in [1.807, 2.05) is 19.9 Å². The van der Waals surface area contributed by atoms with Crippen LogP contribution < -0.4 is 5.43 Å². The number of hydrogen-bond acceptors (Lipinski definition) is 4. The minimum Gasteiger partial charge on any atom is -0.478 e. The van der Waals surface area contributed by atoms with Gasteiger partial charge in [-0.3, -0.25) is 4.79 Å². The molecule has 0 aliphatic heterocycles. The number of hydrogen-bond donors (Lipinski definition) is 2. The van der Waals surface area contributed by atoms with Crippen LogP contribution in [0, 0.1) is 0 Å². The van der Waals surface area contributed by atoms with E-state index in [0.29, 0.717) is 22.1 Å². The molecule has 1 aromatic heterocycles. The Morgan fingerprint density at radius 2 is 1.79 bits per heavy atom. The normalized spacial score (nSPS) is 12.9. The van der Waals surface area contributed by atoms with Crippen LogP contribution in [0.15, 0.2) is 39.5 Å². The monoisotopic (exact) mass is 326 g/mol. The fraction of sp³-hybridized carbons (Fsp3) is 0.263. The van der Waals surface area contributed by atoms with E-state index in [1.54, 1.807) is 13.0 Å². The zero-order valence-electron chi connectivity index (χ0n) is 13.7. The van der Waals surface area contributed by atoms with E-state index >= 15 is 0 Å².